The van der Waals surface area contributed by atoms with E-state index < -0.39 is 0 Å². The van der Waals surface area contributed by atoms with Crippen molar-refractivity contribution in [2.75, 3.05) is 11.9 Å². The Hall–Kier alpha value is -6.13. The average molecular weight is 589 g/mol. The third kappa shape index (κ3) is 3.58. The number of rotatable bonds is 3. The monoisotopic (exact) mass is 588 g/mol. The minimum atomic E-state index is 0.814. The van der Waals surface area contributed by atoms with E-state index in [9.17, 15) is 0 Å². The molecule has 1 N–H and O–H groups in total. The van der Waals surface area contributed by atoms with Gasteiger partial charge in [0.2, 0.25) is 0 Å². The standard InChI is InChI=1S/C42H28N4/c1-2-11-30(12-3-1)45-36-16-6-4-13-31(36)34-24-27(18-20-38(34)45)28-19-21-39-35(25-28)32-14-5-7-17-37(32)46(39)40-26-29-10-8-22-43-41(29)42-33(40)15-9-23-44-42/h1-21,23-26,43H,22H2. The average Bonchev–Trinajstić information content (AvgIpc) is 3.64. The van der Waals surface area contributed by atoms with Crippen LogP contribution in [0, 0.1) is 0 Å². The van der Waals surface area contributed by atoms with Crippen LogP contribution in [-0.2, 0) is 0 Å². The van der Waals surface area contributed by atoms with Gasteiger partial charge in [-0.3, -0.25) is 4.98 Å². The van der Waals surface area contributed by atoms with Crippen LogP contribution >= 0.6 is 0 Å². The van der Waals surface area contributed by atoms with E-state index in [1.54, 1.807) is 0 Å². The van der Waals surface area contributed by atoms with E-state index in [2.05, 4.69) is 154 Å². The lowest BCUT2D eigenvalue weighted by atomic mass is 10.0. The highest BCUT2D eigenvalue weighted by molar-refractivity contribution is 6.14. The summed E-state index contributed by atoms with van der Waals surface area (Å²) < 4.78 is 4.78. The molecular formula is C42H28N4. The van der Waals surface area contributed by atoms with Gasteiger partial charge in [-0.2, -0.15) is 0 Å². The van der Waals surface area contributed by atoms with Crippen molar-refractivity contribution in [2.45, 2.75) is 0 Å². The van der Waals surface area contributed by atoms with Gasteiger partial charge < -0.3 is 14.5 Å². The largest absolute Gasteiger partial charge is 0.379 e. The fraction of sp³-hybridized carbons (Fsp3) is 0.0238. The molecule has 10 rings (SSSR count). The fourth-order valence-electron chi connectivity index (χ4n) is 7.51. The topological polar surface area (TPSA) is 34.8 Å². The summed E-state index contributed by atoms with van der Waals surface area (Å²) in [5, 5.41) is 9.69. The van der Waals surface area contributed by atoms with Gasteiger partial charge in [0.05, 0.1) is 39.0 Å². The maximum atomic E-state index is 4.83. The van der Waals surface area contributed by atoms with E-state index in [-0.39, 0.29) is 0 Å². The minimum absolute atomic E-state index is 0.814. The van der Waals surface area contributed by atoms with E-state index in [1.807, 2.05) is 12.3 Å². The summed E-state index contributed by atoms with van der Waals surface area (Å²) in [5.41, 5.74) is 12.8. The second-order valence-electron chi connectivity index (χ2n) is 12.0. The maximum absolute atomic E-state index is 4.83. The Bertz CT molecular complexity index is 2690. The molecule has 4 nitrogen and oxygen atoms in total. The Morgan fingerprint density at radius 2 is 1.13 bits per heavy atom. The lowest BCUT2D eigenvalue weighted by Gasteiger charge is -2.19. The van der Waals surface area contributed by atoms with Gasteiger partial charge in [0.1, 0.15) is 0 Å². The van der Waals surface area contributed by atoms with Crippen LogP contribution in [0.2, 0.25) is 0 Å². The van der Waals surface area contributed by atoms with Gasteiger partial charge in [0, 0.05) is 50.9 Å². The zero-order chi connectivity index (χ0) is 30.2. The Kier molecular flexibility index (Phi) is 5.31. The van der Waals surface area contributed by atoms with Crippen molar-refractivity contribution in [1.82, 2.24) is 14.1 Å². The number of benzene rings is 6. The van der Waals surface area contributed by atoms with Crippen molar-refractivity contribution in [3.8, 4) is 22.5 Å². The van der Waals surface area contributed by atoms with Crippen molar-refractivity contribution in [1.29, 1.82) is 0 Å². The molecule has 1 aliphatic rings. The van der Waals surface area contributed by atoms with Crippen molar-refractivity contribution in [3.63, 3.8) is 0 Å². The molecule has 0 atom stereocenters. The summed E-state index contributed by atoms with van der Waals surface area (Å²) >= 11 is 0. The molecule has 0 saturated heterocycles. The van der Waals surface area contributed by atoms with Gasteiger partial charge >= 0.3 is 0 Å². The second kappa shape index (κ2) is 9.68. The Balaban J connectivity index is 1.20. The van der Waals surface area contributed by atoms with Crippen LogP contribution in [-0.4, -0.2) is 20.7 Å². The van der Waals surface area contributed by atoms with E-state index in [0.717, 1.165) is 34.4 Å². The summed E-state index contributed by atoms with van der Waals surface area (Å²) in [5.74, 6) is 0. The smallest absolute Gasteiger partial charge is 0.0960 e. The summed E-state index contributed by atoms with van der Waals surface area (Å²) in [6, 6.07) is 48.5. The second-order valence-corrected chi connectivity index (χ2v) is 12.0. The summed E-state index contributed by atoms with van der Waals surface area (Å²) in [6.45, 7) is 0.814. The van der Waals surface area contributed by atoms with Crippen LogP contribution < -0.4 is 5.32 Å². The normalized spacial score (nSPS) is 12.8. The molecule has 0 fully saturated rings. The SMILES string of the molecule is C1=Cc2cc(-n3c4ccccc4c4cc(-c5ccc6c(c5)c5ccccc5n6-c5ccccc5)ccc43)c3cccnc3c2NC1. The van der Waals surface area contributed by atoms with Crippen LogP contribution in [0.15, 0.2) is 146 Å². The number of aromatic nitrogens is 3. The molecule has 6 aromatic carbocycles. The van der Waals surface area contributed by atoms with Crippen molar-refractivity contribution in [2.24, 2.45) is 0 Å². The first kappa shape index (κ1) is 25.2. The molecule has 9 aromatic rings. The molecule has 0 bridgehead atoms. The van der Waals surface area contributed by atoms with E-state index in [1.165, 1.54) is 60.4 Å². The number of pyridine rings is 1. The van der Waals surface area contributed by atoms with Crippen LogP contribution in [0.25, 0.3) is 83.1 Å². The third-order valence-electron chi connectivity index (χ3n) is 9.53. The van der Waals surface area contributed by atoms with Gasteiger partial charge in [0.25, 0.3) is 0 Å². The van der Waals surface area contributed by atoms with Crippen molar-refractivity contribution >= 4 is 66.3 Å². The number of para-hydroxylation sites is 3. The van der Waals surface area contributed by atoms with Crippen molar-refractivity contribution < 1.29 is 0 Å². The molecular weight excluding hydrogens is 560 g/mol. The summed E-state index contributed by atoms with van der Waals surface area (Å²) in [4.78, 5) is 4.83. The number of anilines is 1. The number of hydrogen-bond acceptors (Lipinski definition) is 2. The first-order chi connectivity index (χ1) is 22.8. The molecule has 0 radical (unpaired) electrons. The molecule has 0 amide bonds. The highest BCUT2D eigenvalue weighted by atomic mass is 15.0. The number of hydrogen-bond donors (Lipinski definition) is 1. The molecule has 0 aliphatic carbocycles. The van der Waals surface area contributed by atoms with Crippen LogP contribution in [0.1, 0.15) is 5.56 Å². The molecule has 0 unspecified atom stereocenters. The van der Waals surface area contributed by atoms with Gasteiger partial charge in [-0.15, -0.1) is 0 Å². The third-order valence-corrected chi connectivity index (χ3v) is 9.53. The van der Waals surface area contributed by atoms with Gasteiger partial charge in [-0.05, 0) is 77.9 Å². The molecule has 216 valence electrons. The zero-order valence-corrected chi connectivity index (χ0v) is 25.0. The summed E-state index contributed by atoms with van der Waals surface area (Å²) in [7, 11) is 0. The summed E-state index contributed by atoms with van der Waals surface area (Å²) in [6.07, 6.45) is 6.27. The van der Waals surface area contributed by atoms with Gasteiger partial charge in [-0.25, -0.2) is 0 Å². The lowest BCUT2D eigenvalue weighted by molar-refractivity contribution is 1.18. The Morgan fingerprint density at radius 3 is 1.87 bits per heavy atom. The number of nitrogens with zero attached hydrogens (tertiary/aromatic N) is 3. The molecule has 0 spiro atoms. The van der Waals surface area contributed by atoms with E-state index in [4.69, 9.17) is 4.98 Å². The van der Waals surface area contributed by atoms with Crippen LogP contribution in [0.5, 0.6) is 0 Å². The molecule has 4 heterocycles. The minimum Gasteiger partial charge on any atom is -0.379 e. The lowest BCUT2D eigenvalue weighted by Crippen LogP contribution is -2.07. The van der Waals surface area contributed by atoms with Gasteiger partial charge in [-0.1, -0.05) is 78.9 Å². The zero-order valence-electron chi connectivity index (χ0n) is 25.0. The Morgan fingerprint density at radius 1 is 0.522 bits per heavy atom. The van der Waals surface area contributed by atoms with E-state index >= 15 is 0 Å². The van der Waals surface area contributed by atoms with Gasteiger partial charge in [0.15, 0.2) is 0 Å². The number of nitrogens with one attached hydrogen (secondary N) is 1. The predicted octanol–water partition coefficient (Wildman–Crippen LogP) is 10.5. The maximum Gasteiger partial charge on any atom is 0.0960 e. The molecule has 1 aliphatic heterocycles. The molecule has 4 heteroatoms. The van der Waals surface area contributed by atoms with Crippen LogP contribution in [0.4, 0.5) is 5.69 Å². The number of fused-ring (bicyclic) bond motifs is 9. The molecule has 46 heavy (non-hydrogen) atoms. The predicted molar refractivity (Wildman–Crippen MR) is 193 cm³/mol. The van der Waals surface area contributed by atoms with E-state index in [0.29, 0.717) is 0 Å². The quantitative estimate of drug-likeness (QED) is 0.223. The fourth-order valence-corrected chi connectivity index (χ4v) is 7.51. The molecule has 0 saturated carbocycles. The van der Waals surface area contributed by atoms with Crippen LogP contribution in [0.3, 0.4) is 0 Å². The highest BCUT2D eigenvalue weighted by Gasteiger charge is 2.20. The highest BCUT2D eigenvalue weighted by Crippen LogP contribution is 2.41. The first-order valence-electron chi connectivity index (χ1n) is 15.8. The Labute approximate surface area is 265 Å². The van der Waals surface area contributed by atoms with Crippen molar-refractivity contribution in [3.05, 3.63) is 151 Å². The molecule has 3 aromatic heterocycles. The first-order valence-corrected chi connectivity index (χ1v) is 15.8.